The number of allylic oxidation sites excluding steroid dienone is 1. The van der Waals surface area contributed by atoms with E-state index in [0.29, 0.717) is 13.1 Å². The molecule has 6 nitrogen and oxygen atoms in total. The quantitative estimate of drug-likeness (QED) is 0.781. The predicted octanol–water partition coefficient (Wildman–Crippen LogP) is 3.51. The smallest absolute Gasteiger partial charge is 0.152 e. The molecular weight excluding hydrogens is 336 g/mol. The fraction of sp³-hybridized carbons (Fsp3) is 0.238. The van der Waals surface area contributed by atoms with Crippen molar-refractivity contribution >= 4 is 28.1 Å². The van der Waals surface area contributed by atoms with E-state index in [-0.39, 0.29) is 0 Å². The number of anilines is 1. The number of hydrogen-bond donors (Lipinski definition) is 1. The van der Waals surface area contributed by atoms with Crippen molar-refractivity contribution in [2.24, 2.45) is 9.98 Å². The van der Waals surface area contributed by atoms with Crippen LogP contribution in [0.15, 0.2) is 58.2 Å². The van der Waals surface area contributed by atoms with Crippen LogP contribution in [0.4, 0.5) is 5.69 Å². The highest BCUT2D eigenvalue weighted by Crippen LogP contribution is 2.24. The van der Waals surface area contributed by atoms with Gasteiger partial charge in [0, 0.05) is 28.5 Å². The first-order valence-corrected chi connectivity index (χ1v) is 9.11. The minimum Gasteiger partial charge on any atom is -0.339 e. The molecule has 1 N–H and O–H groups in total. The van der Waals surface area contributed by atoms with Crippen LogP contribution in [0.5, 0.6) is 0 Å². The first-order chi connectivity index (χ1) is 13.2. The van der Waals surface area contributed by atoms with Crippen molar-refractivity contribution in [2.45, 2.75) is 26.9 Å². The number of fused-ring (bicyclic) bond motifs is 2. The molecule has 134 valence electrons. The number of nitrogens with one attached hydrogen (secondary N) is 1. The molecule has 2 aliphatic rings. The Balaban J connectivity index is 1.43. The second-order valence-electron chi connectivity index (χ2n) is 7.07. The zero-order chi connectivity index (χ0) is 18.4. The maximum absolute atomic E-state index is 4.75. The van der Waals surface area contributed by atoms with Crippen LogP contribution >= 0.6 is 0 Å². The second kappa shape index (κ2) is 6.16. The van der Waals surface area contributed by atoms with Gasteiger partial charge in [0.15, 0.2) is 5.84 Å². The lowest BCUT2D eigenvalue weighted by Crippen LogP contribution is -2.13. The van der Waals surface area contributed by atoms with Gasteiger partial charge in [0.05, 0.1) is 30.9 Å². The number of pyridine rings is 1. The van der Waals surface area contributed by atoms with Crippen LogP contribution in [0.25, 0.3) is 10.9 Å². The molecule has 0 aliphatic carbocycles. The molecule has 2 aliphatic heterocycles. The van der Waals surface area contributed by atoms with Gasteiger partial charge < -0.3 is 5.32 Å². The van der Waals surface area contributed by atoms with Crippen LogP contribution in [0.3, 0.4) is 0 Å². The molecule has 5 rings (SSSR count). The number of aliphatic imine (C=N–C) groups is 2. The number of rotatable bonds is 3. The molecule has 0 amide bonds. The summed E-state index contributed by atoms with van der Waals surface area (Å²) in [5, 5.41) is 9.31. The van der Waals surface area contributed by atoms with Crippen LogP contribution in [-0.2, 0) is 13.1 Å². The molecule has 0 unspecified atom stereocenters. The first kappa shape index (κ1) is 15.9. The summed E-state index contributed by atoms with van der Waals surface area (Å²) in [7, 11) is 0. The number of hydrogen-bond acceptors (Lipinski definition) is 5. The van der Waals surface area contributed by atoms with Gasteiger partial charge in [-0.15, -0.1) is 0 Å². The van der Waals surface area contributed by atoms with Crippen LogP contribution in [-0.4, -0.2) is 32.9 Å². The Kier molecular flexibility index (Phi) is 3.63. The van der Waals surface area contributed by atoms with E-state index in [1.54, 1.807) is 6.20 Å². The highest BCUT2D eigenvalue weighted by atomic mass is 15.3. The fourth-order valence-corrected chi connectivity index (χ4v) is 3.59. The van der Waals surface area contributed by atoms with Crippen molar-refractivity contribution in [3.05, 3.63) is 65.1 Å². The number of amidine groups is 1. The molecule has 1 aromatic carbocycles. The standard InChI is InChI=1S/C21H20N6/c1-13-8-17(23-10-13)12-27-14(2)18-9-16(5-6-19(18)26-27)25-21-20-15(11-24-21)4-3-7-22-20/h3-9H,10-12H2,1-2H3,(H,24,25). The Morgan fingerprint density at radius 1 is 1.11 bits per heavy atom. The fourth-order valence-electron chi connectivity index (χ4n) is 3.59. The zero-order valence-electron chi connectivity index (χ0n) is 15.4. The highest BCUT2D eigenvalue weighted by Gasteiger charge is 2.17. The van der Waals surface area contributed by atoms with E-state index in [1.165, 1.54) is 5.57 Å². The van der Waals surface area contributed by atoms with Crippen LogP contribution in [0, 0.1) is 6.92 Å². The van der Waals surface area contributed by atoms with E-state index < -0.39 is 0 Å². The lowest BCUT2D eigenvalue weighted by atomic mass is 10.2. The minimum atomic E-state index is 0.680. The Bertz CT molecular complexity index is 1150. The summed E-state index contributed by atoms with van der Waals surface area (Å²) in [6, 6.07) is 10.2. The van der Waals surface area contributed by atoms with Gasteiger partial charge in [-0.25, -0.2) is 0 Å². The number of aryl methyl sites for hydroxylation is 1. The first-order valence-electron chi connectivity index (χ1n) is 9.11. The summed E-state index contributed by atoms with van der Waals surface area (Å²) in [4.78, 5) is 13.6. The molecule has 0 saturated heterocycles. The van der Waals surface area contributed by atoms with E-state index in [0.717, 1.165) is 51.6 Å². The molecule has 0 saturated carbocycles. The number of benzene rings is 1. The van der Waals surface area contributed by atoms with Crippen molar-refractivity contribution in [3.63, 3.8) is 0 Å². The lowest BCUT2D eigenvalue weighted by molar-refractivity contribution is 0.710. The van der Waals surface area contributed by atoms with Gasteiger partial charge in [0.1, 0.15) is 5.69 Å². The summed E-state index contributed by atoms with van der Waals surface area (Å²) >= 11 is 0. The molecule has 4 heterocycles. The third kappa shape index (κ3) is 2.83. The molecule has 3 aromatic rings. The molecule has 27 heavy (non-hydrogen) atoms. The van der Waals surface area contributed by atoms with Crippen molar-refractivity contribution in [2.75, 3.05) is 11.9 Å². The van der Waals surface area contributed by atoms with Gasteiger partial charge in [-0.1, -0.05) is 11.6 Å². The average Bonchev–Trinajstić information content (AvgIpc) is 3.35. The third-order valence-corrected chi connectivity index (χ3v) is 5.04. The summed E-state index contributed by atoms with van der Waals surface area (Å²) in [6.07, 6.45) is 3.96. The van der Waals surface area contributed by atoms with Gasteiger partial charge in [-0.05, 0) is 44.2 Å². The Labute approximate surface area is 157 Å². The number of nitrogens with zero attached hydrogens (tertiary/aromatic N) is 5. The normalized spacial score (nSPS) is 15.6. The van der Waals surface area contributed by atoms with Crippen LogP contribution in [0.1, 0.15) is 23.9 Å². The van der Waals surface area contributed by atoms with E-state index in [9.17, 15) is 0 Å². The van der Waals surface area contributed by atoms with Gasteiger partial charge in [0.2, 0.25) is 0 Å². The summed E-state index contributed by atoms with van der Waals surface area (Å²) in [5.41, 5.74) is 7.61. The van der Waals surface area contributed by atoms with Gasteiger partial charge >= 0.3 is 0 Å². The molecule has 2 aromatic heterocycles. The van der Waals surface area contributed by atoms with E-state index >= 15 is 0 Å². The number of aromatic nitrogens is 3. The lowest BCUT2D eigenvalue weighted by Gasteiger charge is -2.07. The van der Waals surface area contributed by atoms with Crippen molar-refractivity contribution in [1.29, 1.82) is 0 Å². The molecular formula is C21H20N6. The summed E-state index contributed by atoms with van der Waals surface area (Å²) in [6.45, 7) is 6.42. The molecule has 0 fully saturated rings. The molecule has 6 heteroatoms. The monoisotopic (exact) mass is 356 g/mol. The van der Waals surface area contributed by atoms with Crippen LogP contribution < -0.4 is 5.32 Å². The van der Waals surface area contributed by atoms with Crippen LogP contribution in [0.2, 0.25) is 0 Å². The SMILES string of the molecule is CC1=CC(Cn2nc3ccc(NC4=NCc5cccnc54)cc3c2C)=NC1. The van der Waals surface area contributed by atoms with E-state index in [1.807, 2.05) is 22.9 Å². The maximum atomic E-state index is 4.75. The predicted molar refractivity (Wildman–Crippen MR) is 109 cm³/mol. The molecule has 0 spiro atoms. The average molecular weight is 356 g/mol. The van der Waals surface area contributed by atoms with Gasteiger partial charge in [0.25, 0.3) is 0 Å². The largest absolute Gasteiger partial charge is 0.339 e. The second-order valence-corrected chi connectivity index (χ2v) is 7.07. The third-order valence-electron chi connectivity index (χ3n) is 5.04. The summed E-state index contributed by atoms with van der Waals surface area (Å²) in [5.74, 6) is 0.830. The Hall–Kier alpha value is -3.28. The minimum absolute atomic E-state index is 0.680. The molecule has 0 bridgehead atoms. The van der Waals surface area contributed by atoms with Crippen molar-refractivity contribution in [3.8, 4) is 0 Å². The summed E-state index contributed by atoms with van der Waals surface area (Å²) < 4.78 is 2.03. The zero-order valence-corrected chi connectivity index (χ0v) is 15.4. The molecule has 0 atom stereocenters. The van der Waals surface area contributed by atoms with Gasteiger partial charge in [-0.3, -0.25) is 19.7 Å². The topological polar surface area (TPSA) is 67.5 Å². The highest BCUT2D eigenvalue weighted by molar-refractivity contribution is 6.10. The van der Waals surface area contributed by atoms with E-state index in [4.69, 9.17) is 5.10 Å². The van der Waals surface area contributed by atoms with Crippen molar-refractivity contribution in [1.82, 2.24) is 14.8 Å². The van der Waals surface area contributed by atoms with Gasteiger partial charge in [-0.2, -0.15) is 5.10 Å². The van der Waals surface area contributed by atoms with Crippen molar-refractivity contribution < 1.29 is 0 Å². The maximum Gasteiger partial charge on any atom is 0.152 e. The molecule has 0 radical (unpaired) electrons. The Morgan fingerprint density at radius 2 is 2.04 bits per heavy atom. The Morgan fingerprint density at radius 3 is 2.89 bits per heavy atom. The van der Waals surface area contributed by atoms with E-state index in [2.05, 4.69) is 52.3 Å².